The summed E-state index contributed by atoms with van der Waals surface area (Å²) in [5, 5.41) is 0. The van der Waals surface area contributed by atoms with E-state index >= 15 is 0 Å². The van der Waals surface area contributed by atoms with E-state index in [0.29, 0.717) is 5.56 Å². The molecule has 0 heterocycles. The number of halogens is 1. The lowest BCUT2D eigenvalue weighted by atomic mass is 10.1. The van der Waals surface area contributed by atoms with Crippen LogP contribution in [0.25, 0.3) is 5.53 Å². The molecule has 0 spiro atoms. The molecule has 0 atom stereocenters. The van der Waals surface area contributed by atoms with Gasteiger partial charge in [0.25, 0.3) is 0 Å². The largest absolute Gasteiger partial charge is 0.457 e. The first-order valence-corrected chi connectivity index (χ1v) is 5.42. The molecule has 1 rings (SSSR count). The van der Waals surface area contributed by atoms with E-state index in [4.69, 9.17) is 10.3 Å². The molecular formula is C10H9IN2O2. The van der Waals surface area contributed by atoms with E-state index in [0.717, 1.165) is 3.57 Å². The van der Waals surface area contributed by atoms with Gasteiger partial charge in [0.15, 0.2) is 0 Å². The molecule has 0 unspecified atom stereocenters. The zero-order valence-corrected chi connectivity index (χ0v) is 10.3. The van der Waals surface area contributed by atoms with E-state index < -0.39 is 5.97 Å². The second kappa shape index (κ2) is 5.63. The standard InChI is InChI=1S/C10H9IN2O2/c1-2-15-10(14)9(13-12)7-4-3-5-8(11)6-7/h3-6H,2H2,1H3. The van der Waals surface area contributed by atoms with Gasteiger partial charge in [-0.25, -0.2) is 4.79 Å². The Labute approximate surface area is 101 Å². The molecule has 1 aromatic carbocycles. The van der Waals surface area contributed by atoms with Gasteiger partial charge < -0.3 is 10.3 Å². The van der Waals surface area contributed by atoms with E-state index in [9.17, 15) is 4.79 Å². The van der Waals surface area contributed by atoms with Gasteiger partial charge in [0.05, 0.1) is 12.2 Å². The Morgan fingerprint density at radius 3 is 2.87 bits per heavy atom. The topological polar surface area (TPSA) is 62.7 Å². The fourth-order valence-corrected chi connectivity index (χ4v) is 1.59. The molecule has 0 saturated heterocycles. The van der Waals surface area contributed by atoms with Crippen LogP contribution in [-0.2, 0) is 9.53 Å². The monoisotopic (exact) mass is 316 g/mol. The molecule has 0 aliphatic rings. The molecule has 0 amide bonds. The van der Waals surface area contributed by atoms with Crippen LogP contribution in [0.1, 0.15) is 12.5 Å². The molecule has 0 saturated carbocycles. The van der Waals surface area contributed by atoms with Crippen molar-refractivity contribution >= 4 is 34.3 Å². The summed E-state index contributed by atoms with van der Waals surface area (Å²) in [6, 6.07) is 7.09. The van der Waals surface area contributed by atoms with Crippen molar-refractivity contribution in [1.82, 2.24) is 0 Å². The number of carbonyl (C=O) groups excluding carboxylic acids is 1. The SMILES string of the molecule is CCOC(=O)C(=[N+]=[N-])c1cccc(I)c1. The highest BCUT2D eigenvalue weighted by Crippen LogP contribution is 2.08. The first-order valence-electron chi connectivity index (χ1n) is 4.34. The van der Waals surface area contributed by atoms with E-state index in [-0.39, 0.29) is 12.3 Å². The van der Waals surface area contributed by atoms with Gasteiger partial charge in [-0.1, -0.05) is 6.07 Å². The van der Waals surface area contributed by atoms with Crippen LogP contribution in [0.2, 0.25) is 0 Å². The maximum atomic E-state index is 11.4. The molecular weight excluding hydrogens is 307 g/mol. The highest BCUT2D eigenvalue weighted by molar-refractivity contribution is 14.1. The van der Waals surface area contributed by atoms with Crippen LogP contribution < -0.4 is 0 Å². The summed E-state index contributed by atoms with van der Waals surface area (Å²) in [7, 11) is 0. The third kappa shape index (κ3) is 3.14. The number of esters is 1. The lowest BCUT2D eigenvalue weighted by Gasteiger charge is -1.98. The Morgan fingerprint density at radius 2 is 2.33 bits per heavy atom. The van der Waals surface area contributed by atoms with Gasteiger partial charge >= 0.3 is 11.7 Å². The van der Waals surface area contributed by atoms with Gasteiger partial charge in [-0.05, 0) is 47.7 Å². The summed E-state index contributed by atoms with van der Waals surface area (Å²) in [4.78, 5) is 14.3. The molecule has 0 aliphatic carbocycles. The lowest BCUT2D eigenvalue weighted by molar-refractivity contribution is -0.139. The predicted molar refractivity (Wildman–Crippen MR) is 63.5 cm³/mol. The van der Waals surface area contributed by atoms with Crippen LogP contribution in [0.4, 0.5) is 0 Å². The fourth-order valence-electron chi connectivity index (χ4n) is 1.05. The van der Waals surface area contributed by atoms with Crippen LogP contribution in [0.15, 0.2) is 24.3 Å². The Hall–Kier alpha value is -1.20. The highest BCUT2D eigenvalue weighted by Gasteiger charge is 2.23. The van der Waals surface area contributed by atoms with Crippen LogP contribution in [-0.4, -0.2) is 23.1 Å². The highest BCUT2D eigenvalue weighted by atomic mass is 127. The first-order chi connectivity index (χ1) is 7.19. The average Bonchev–Trinajstić information content (AvgIpc) is 2.19. The zero-order valence-electron chi connectivity index (χ0n) is 8.11. The number of carbonyl (C=O) groups is 1. The number of nitrogens with zero attached hydrogens (tertiary/aromatic N) is 2. The smallest absolute Gasteiger partial charge is 0.422 e. The minimum atomic E-state index is -0.623. The van der Waals surface area contributed by atoms with Gasteiger partial charge in [-0.3, -0.25) is 0 Å². The summed E-state index contributed by atoms with van der Waals surface area (Å²) in [5.74, 6) is -0.623. The molecule has 0 aromatic heterocycles. The van der Waals surface area contributed by atoms with Crippen LogP contribution in [0.3, 0.4) is 0 Å². The number of benzene rings is 1. The van der Waals surface area contributed by atoms with Gasteiger partial charge in [-0.15, -0.1) is 0 Å². The molecule has 5 heteroatoms. The molecule has 0 fully saturated rings. The van der Waals surface area contributed by atoms with Crippen molar-refractivity contribution in [2.75, 3.05) is 6.61 Å². The van der Waals surface area contributed by atoms with Gasteiger partial charge in [0.2, 0.25) is 0 Å². The maximum absolute atomic E-state index is 11.4. The molecule has 1 aromatic rings. The van der Waals surface area contributed by atoms with Crippen molar-refractivity contribution < 1.29 is 14.3 Å². The first kappa shape index (κ1) is 11.9. The number of hydrogen-bond acceptors (Lipinski definition) is 2. The van der Waals surface area contributed by atoms with Crippen molar-refractivity contribution in [1.29, 1.82) is 0 Å². The van der Waals surface area contributed by atoms with E-state index in [1.165, 1.54) is 0 Å². The third-order valence-corrected chi connectivity index (χ3v) is 2.34. The molecule has 15 heavy (non-hydrogen) atoms. The Kier molecular flexibility index (Phi) is 4.45. The Bertz CT molecular complexity index is 425. The summed E-state index contributed by atoms with van der Waals surface area (Å²) in [6.45, 7) is 1.95. The number of ether oxygens (including phenoxy) is 1. The fraction of sp³-hybridized carbons (Fsp3) is 0.200. The summed E-state index contributed by atoms with van der Waals surface area (Å²) in [5.41, 5.74) is 9.22. The van der Waals surface area contributed by atoms with Crippen molar-refractivity contribution in [3.05, 3.63) is 38.9 Å². The zero-order chi connectivity index (χ0) is 11.3. The third-order valence-electron chi connectivity index (χ3n) is 1.67. The second-order valence-corrected chi connectivity index (χ2v) is 3.93. The van der Waals surface area contributed by atoms with Gasteiger partial charge in [-0.2, -0.15) is 4.79 Å². The number of rotatable bonds is 3. The molecule has 0 bridgehead atoms. The van der Waals surface area contributed by atoms with Crippen LogP contribution in [0, 0.1) is 3.57 Å². The van der Waals surface area contributed by atoms with Crippen molar-refractivity contribution in [2.45, 2.75) is 6.92 Å². The van der Waals surface area contributed by atoms with Crippen molar-refractivity contribution in [3.8, 4) is 0 Å². The summed E-state index contributed by atoms with van der Waals surface area (Å²) in [6.07, 6.45) is 0. The minimum Gasteiger partial charge on any atom is -0.457 e. The Balaban J connectivity index is 3.04. The molecule has 4 nitrogen and oxygen atoms in total. The molecule has 0 radical (unpaired) electrons. The van der Waals surface area contributed by atoms with Crippen LogP contribution >= 0.6 is 22.6 Å². The van der Waals surface area contributed by atoms with Crippen LogP contribution in [0.5, 0.6) is 0 Å². The molecule has 78 valence electrons. The summed E-state index contributed by atoms with van der Waals surface area (Å²) < 4.78 is 5.71. The van der Waals surface area contributed by atoms with Crippen molar-refractivity contribution in [3.63, 3.8) is 0 Å². The quantitative estimate of drug-likeness (QED) is 0.281. The Morgan fingerprint density at radius 1 is 1.60 bits per heavy atom. The number of hydrogen-bond donors (Lipinski definition) is 0. The average molecular weight is 316 g/mol. The molecule has 0 aliphatic heterocycles. The van der Waals surface area contributed by atoms with Crippen molar-refractivity contribution in [2.24, 2.45) is 0 Å². The normalized spacial score (nSPS) is 9.20. The predicted octanol–water partition coefficient (Wildman–Crippen LogP) is 1.87. The molecule has 0 N–H and O–H groups in total. The maximum Gasteiger partial charge on any atom is 0.422 e. The van der Waals surface area contributed by atoms with E-state index in [2.05, 4.69) is 27.4 Å². The second-order valence-electron chi connectivity index (χ2n) is 2.68. The van der Waals surface area contributed by atoms with Gasteiger partial charge in [0, 0.05) is 3.57 Å². The van der Waals surface area contributed by atoms with E-state index in [1.54, 1.807) is 25.1 Å². The summed E-state index contributed by atoms with van der Waals surface area (Å²) >= 11 is 2.11. The van der Waals surface area contributed by atoms with Gasteiger partial charge in [0.1, 0.15) is 0 Å². The van der Waals surface area contributed by atoms with E-state index in [1.807, 2.05) is 6.07 Å². The minimum absolute atomic E-state index is 0.0737. The lowest BCUT2D eigenvalue weighted by Crippen LogP contribution is -2.19.